The topological polar surface area (TPSA) is 57.4 Å². The molecule has 1 aliphatic heterocycles. The lowest BCUT2D eigenvalue weighted by Crippen LogP contribution is -2.36. The predicted molar refractivity (Wildman–Crippen MR) is 105 cm³/mol. The molecule has 0 aliphatic carbocycles. The van der Waals surface area contributed by atoms with E-state index in [-0.39, 0.29) is 5.91 Å². The van der Waals surface area contributed by atoms with Crippen LogP contribution in [0.25, 0.3) is 10.9 Å². The van der Waals surface area contributed by atoms with Crippen molar-refractivity contribution in [1.29, 1.82) is 0 Å². The monoisotopic (exact) mass is 369 g/mol. The summed E-state index contributed by atoms with van der Waals surface area (Å²) >= 11 is 6.06. The molecular weight excluding hydrogens is 350 g/mol. The van der Waals surface area contributed by atoms with E-state index in [1.54, 1.807) is 0 Å². The lowest BCUT2D eigenvalue weighted by molar-refractivity contribution is 0.102. The Morgan fingerprint density at radius 2 is 1.96 bits per heavy atom. The second kappa shape index (κ2) is 7.02. The van der Waals surface area contributed by atoms with Gasteiger partial charge >= 0.3 is 0 Å². The Morgan fingerprint density at radius 3 is 2.77 bits per heavy atom. The zero-order valence-electron chi connectivity index (χ0n) is 14.5. The molecule has 0 spiro atoms. The number of aromatic amines is 1. The molecule has 134 valence electrons. The summed E-state index contributed by atoms with van der Waals surface area (Å²) in [7, 11) is 0. The standard InChI is InChI=1S/C20H20ClN3O2/c1-13-15-7-6-14(21)12-17(15)22-19(13)20(25)23-16-4-2-3-5-18(16)24-8-10-26-11-9-24/h2-7,12,22H,8-11H2,1H3,(H,23,25). The van der Waals surface area contributed by atoms with Crippen LogP contribution in [0.15, 0.2) is 42.5 Å². The van der Waals surface area contributed by atoms with Crippen molar-refractivity contribution in [3.63, 3.8) is 0 Å². The van der Waals surface area contributed by atoms with E-state index in [0.29, 0.717) is 23.9 Å². The fraction of sp³-hybridized carbons (Fsp3) is 0.250. The summed E-state index contributed by atoms with van der Waals surface area (Å²) in [5.41, 5.74) is 4.15. The van der Waals surface area contributed by atoms with Crippen LogP contribution < -0.4 is 10.2 Å². The van der Waals surface area contributed by atoms with Gasteiger partial charge in [-0.25, -0.2) is 0 Å². The third kappa shape index (κ3) is 3.16. The molecule has 4 rings (SSSR count). The molecule has 2 aromatic carbocycles. The molecule has 6 heteroatoms. The van der Waals surface area contributed by atoms with E-state index < -0.39 is 0 Å². The van der Waals surface area contributed by atoms with Crippen molar-refractivity contribution < 1.29 is 9.53 Å². The molecule has 2 N–H and O–H groups in total. The molecule has 26 heavy (non-hydrogen) atoms. The summed E-state index contributed by atoms with van der Waals surface area (Å²) in [6, 6.07) is 13.5. The molecule has 1 aromatic heterocycles. The van der Waals surface area contributed by atoms with Crippen molar-refractivity contribution in [2.24, 2.45) is 0 Å². The molecule has 0 saturated carbocycles. The Bertz CT molecular complexity index is 961. The first kappa shape index (κ1) is 16.9. The van der Waals surface area contributed by atoms with Gasteiger partial charge in [0.25, 0.3) is 5.91 Å². The smallest absolute Gasteiger partial charge is 0.272 e. The number of halogens is 1. The number of aryl methyl sites for hydroxylation is 1. The fourth-order valence-electron chi connectivity index (χ4n) is 3.38. The number of fused-ring (bicyclic) bond motifs is 1. The van der Waals surface area contributed by atoms with Crippen LogP contribution in [0.1, 0.15) is 16.1 Å². The number of nitrogens with one attached hydrogen (secondary N) is 2. The van der Waals surface area contributed by atoms with Crippen molar-refractivity contribution >= 4 is 39.8 Å². The summed E-state index contributed by atoms with van der Waals surface area (Å²) in [5.74, 6) is -0.157. The lowest BCUT2D eigenvalue weighted by atomic mass is 10.1. The van der Waals surface area contributed by atoms with E-state index in [2.05, 4.69) is 15.2 Å². The average Bonchev–Trinajstić information content (AvgIpc) is 2.99. The molecule has 3 aromatic rings. The van der Waals surface area contributed by atoms with Crippen molar-refractivity contribution in [2.75, 3.05) is 36.5 Å². The molecule has 2 heterocycles. The highest BCUT2D eigenvalue weighted by Gasteiger charge is 2.19. The van der Waals surface area contributed by atoms with Crippen LogP contribution in [-0.4, -0.2) is 37.2 Å². The number of amides is 1. The molecule has 5 nitrogen and oxygen atoms in total. The van der Waals surface area contributed by atoms with E-state index >= 15 is 0 Å². The molecule has 0 atom stereocenters. The van der Waals surface area contributed by atoms with Crippen LogP contribution >= 0.6 is 11.6 Å². The Balaban J connectivity index is 1.64. The van der Waals surface area contributed by atoms with E-state index in [0.717, 1.165) is 40.9 Å². The number of carbonyl (C=O) groups excluding carboxylic acids is 1. The van der Waals surface area contributed by atoms with Gasteiger partial charge < -0.3 is 19.9 Å². The van der Waals surface area contributed by atoms with Gasteiger partial charge in [0.2, 0.25) is 0 Å². The van der Waals surface area contributed by atoms with E-state index in [4.69, 9.17) is 16.3 Å². The third-order valence-electron chi connectivity index (χ3n) is 4.75. The minimum atomic E-state index is -0.157. The minimum Gasteiger partial charge on any atom is -0.378 e. The van der Waals surface area contributed by atoms with Gasteiger partial charge in [0.05, 0.1) is 24.6 Å². The number of aromatic nitrogens is 1. The number of carbonyl (C=O) groups is 1. The third-order valence-corrected chi connectivity index (χ3v) is 4.99. The van der Waals surface area contributed by atoms with Gasteiger partial charge in [-0.05, 0) is 36.8 Å². The normalized spacial score (nSPS) is 14.6. The quantitative estimate of drug-likeness (QED) is 0.726. The molecular formula is C20H20ClN3O2. The Kier molecular flexibility index (Phi) is 4.57. The molecule has 1 amide bonds. The van der Waals surface area contributed by atoms with Crippen LogP contribution in [0, 0.1) is 6.92 Å². The molecule has 0 bridgehead atoms. The average molecular weight is 370 g/mol. The summed E-state index contributed by atoms with van der Waals surface area (Å²) in [5, 5.41) is 4.70. The van der Waals surface area contributed by atoms with Gasteiger partial charge in [-0.15, -0.1) is 0 Å². The largest absolute Gasteiger partial charge is 0.378 e. The second-order valence-electron chi connectivity index (χ2n) is 6.39. The number of H-pyrrole nitrogens is 1. The van der Waals surface area contributed by atoms with Gasteiger partial charge in [0.1, 0.15) is 5.69 Å². The van der Waals surface area contributed by atoms with Crippen molar-refractivity contribution in [2.45, 2.75) is 6.92 Å². The van der Waals surface area contributed by atoms with Gasteiger partial charge in [-0.2, -0.15) is 0 Å². The van der Waals surface area contributed by atoms with Crippen LogP contribution in [0.2, 0.25) is 5.02 Å². The van der Waals surface area contributed by atoms with Crippen molar-refractivity contribution in [1.82, 2.24) is 4.98 Å². The van der Waals surface area contributed by atoms with Crippen LogP contribution in [-0.2, 0) is 4.74 Å². The summed E-state index contributed by atoms with van der Waals surface area (Å²) < 4.78 is 5.43. The molecule has 1 aliphatic rings. The Labute approximate surface area is 156 Å². The fourth-order valence-corrected chi connectivity index (χ4v) is 3.55. The van der Waals surface area contributed by atoms with Gasteiger partial charge in [-0.1, -0.05) is 29.8 Å². The summed E-state index contributed by atoms with van der Waals surface area (Å²) in [4.78, 5) is 18.3. The Hall–Kier alpha value is -2.50. The van der Waals surface area contributed by atoms with E-state index in [1.807, 2.05) is 49.4 Å². The number of rotatable bonds is 3. The highest BCUT2D eigenvalue weighted by Crippen LogP contribution is 2.29. The van der Waals surface area contributed by atoms with Gasteiger partial charge in [0, 0.05) is 29.0 Å². The van der Waals surface area contributed by atoms with Crippen molar-refractivity contribution in [3.8, 4) is 0 Å². The number of para-hydroxylation sites is 2. The maximum atomic E-state index is 12.9. The first-order valence-electron chi connectivity index (χ1n) is 8.64. The van der Waals surface area contributed by atoms with E-state index in [1.165, 1.54) is 0 Å². The number of morpholine rings is 1. The predicted octanol–water partition coefficient (Wildman–Crippen LogP) is 4.22. The number of hydrogen-bond acceptors (Lipinski definition) is 3. The zero-order valence-corrected chi connectivity index (χ0v) is 15.3. The minimum absolute atomic E-state index is 0.157. The zero-order chi connectivity index (χ0) is 18.1. The summed E-state index contributed by atoms with van der Waals surface area (Å²) in [6.45, 7) is 4.97. The maximum Gasteiger partial charge on any atom is 0.272 e. The molecule has 1 fully saturated rings. The van der Waals surface area contributed by atoms with Crippen LogP contribution in [0.4, 0.5) is 11.4 Å². The highest BCUT2D eigenvalue weighted by molar-refractivity contribution is 6.31. The van der Waals surface area contributed by atoms with Gasteiger partial charge in [-0.3, -0.25) is 4.79 Å². The number of hydrogen-bond donors (Lipinski definition) is 2. The second-order valence-corrected chi connectivity index (χ2v) is 6.82. The first-order chi connectivity index (χ1) is 12.6. The number of ether oxygens (including phenoxy) is 1. The van der Waals surface area contributed by atoms with Crippen molar-refractivity contribution in [3.05, 3.63) is 58.7 Å². The number of nitrogens with zero attached hydrogens (tertiary/aromatic N) is 1. The first-order valence-corrected chi connectivity index (χ1v) is 9.02. The SMILES string of the molecule is Cc1c(C(=O)Nc2ccccc2N2CCOCC2)[nH]c2cc(Cl)ccc12. The van der Waals surface area contributed by atoms with Gasteiger partial charge in [0.15, 0.2) is 0 Å². The molecule has 1 saturated heterocycles. The van der Waals surface area contributed by atoms with Crippen LogP contribution in [0.5, 0.6) is 0 Å². The summed E-state index contributed by atoms with van der Waals surface area (Å²) in [6.07, 6.45) is 0. The maximum absolute atomic E-state index is 12.9. The molecule has 0 radical (unpaired) electrons. The number of anilines is 2. The number of benzene rings is 2. The highest BCUT2D eigenvalue weighted by atomic mass is 35.5. The lowest BCUT2D eigenvalue weighted by Gasteiger charge is -2.30. The molecule has 0 unspecified atom stereocenters. The van der Waals surface area contributed by atoms with Crippen LogP contribution in [0.3, 0.4) is 0 Å². The van der Waals surface area contributed by atoms with E-state index in [9.17, 15) is 4.79 Å². The Morgan fingerprint density at radius 1 is 1.19 bits per heavy atom.